The van der Waals surface area contributed by atoms with Gasteiger partial charge in [0.05, 0.1) is 14.2 Å². The van der Waals surface area contributed by atoms with Crippen molar-refractivity contribution in [2.75, 3.05) is 33.9 Å². The van der Waals surface area contributed by atoms with Crippen molar-refractivity contribution in [3.63, 3.8) is 0 Å². The van der Waals surface area contributed by atoms with Gasteiger partial charge >= 0.3 is 0 Å². The highest BCUT2D eigenvalue weighted by Crippen LogP contribution is 2.27. The third-order valence-electron chi connectivity index (χ3n) is 2.92. The van der Waals surface area contributed by atoms with Gasteiger partial charge in [-0.3, -0.25) is 4.79 Å². The minimum Gasteiger partial charge on any atom is -0.493 e. The second-order valence-corrected chi connectivity index (χ2v) is 4.15. The molecule has 0 unspecified atom stereocenters. The number of ether oxygens (including phenoxy) is 2. The quantitative estimate of drug-likeness (QED) is 0.768. The van der Waals surface area contributed by atoms with Crippen LogP contribution < -0.4 is 15.2 Å². The Balaban J connectivity index is 2.81. The molecular formula is C15H22N2O3. The van der Waals surface area contributed by atoms with Crippen molar-refractivity contribution in [2.24, 2.45) is 5.73 Å². The number of nitrogens with two attached hydrogens (primary N) is 1. The summed E-state index contributed by atoms with van der Waals surface area (Å²) in [4.78, 5) is 13.6. The minimum atomic E-state index is -0.0484. The van der Waals surface area contributed by atoms with E-state index >= 15 is 0 Å². The predicted molar refractivity (Wildman–Crippen MR) is 79.9 cm³/mol. The number of rotatable bonds is 7. The van der Waals surface area contributed by atoms with Crippen LogP contribution in [0.3, 0.4) is 0 Å². The molecule has 0 saturated heterocycles. The molecule has 5 nitrogen and oxygen atoms in total. The summed E-state index contributed by atoms with van der Waals surface area (Å²) in [5.74, 6) is 1.25. The lowest BCUT2D eigenvalue weighted by molar-refractivity contribution is -0.125. The van der Waals surface area contributed by atoms with Crippen LogP contribution in [0.15, 0.2) is 24.3 Å². The van der Waals surface area contributed by atoms with Crippen molar-refractivity contribution < 1.29 is 14.3 Å². The van der Waals surface area contributed by atoms with Gasteiger partial charge in [-0.25, -0.2) is 0 Å². The summed E-state index contributed by atoms with van der Waals surface area (Å²) < 4.78 is 10.4. The van der Waals surface area contributed by atoms with Crippen LogP contribution in [0.2, 0.25) is 0 Å². The lowest BCUT2D eigenvalue weighted by Gasteiger charge is -2.17. The number of amides is 1. The van der Waals surface area contributed by atoms with Gasteiger partial charge in [-0.2, -0.15) is 0 Å². The SMILES string of the molecule is CCN(CCN)C(=O)/C=C/c1ccc(OC)c(OC)c1. The number of methoxy groups -OCH3 is 2. The second-order valence-electron chi connectivity index (χ2n) is 4.15. The first-order chi connectivity index (χ1) is 9.65. The molecule has 20 heavy (non-hydrogen) atoms. The summed E-state index contributed by atoms with van der Waals surface area (Å²) in [6, 6.07) is 5.49. The van der Waals surface area contributed by atoms with Crippen LogP contribution in [-0.4, -0.2) is 44.7 Å². The van der Waals surface area contributed by atoms with E-state index in [1.54, 1.807) is 37.3 Å². The van der Waals surface area contributed by atoms with E-state index in [-0.39, 0.29) is 5.91 Å². The van der Waals surface area contributed by atoms with E-state index in [9.17, 15) is 4.79 Å². The summed E-state index contributed by atoms with van der Waals surface area (Å²) >= 11 is 0. The molecule has 0 aliphatic carbocycles. The summed E-state index contributed by atoms with van der Waals surface area (Å²) in [5.41, 5.74) is 6.35. The molecule has 0 aliphatic heterocycles. The van der Waals surface area contributed by atoms with Crippen LogP contribution >= 0.6 is 0 Å². The summed E-state index contributed by atoms with van der Waals surface area (Å²) in [5, 5.41) is 0. The number of benzene rings is 1. The Hall–Kier alpha value is -2.01. The first-order valence-corrected chi connectivity index (χ1v) is 6.55. The fourth-order valence-electron chi connectivity index (χ4n) is 1.81. The molecule has 1 amide bonds. The second kappa shape index (κ2) is 8.22. The maximum absolute atomic E-state index is 11.9. The van der Waals surface area contributed by atoms with Gasteiger partial charge in [0, 0.05) is 25.7 Å². The molecule has 1 rings (SSSR count). The molecule has 0 aliphatic rings. The van der Waals surface area contributed by atoms with E-state index in [0.717, 1.165) is 5.56 Å². The van der Waals surface area contributed by atoms with Crippen LogP contribution in [0.5, 0.6) is 11.5 Å². The monoisotopic (exact) mass is 278 g/mol. The summed E-state index contributed by atoms with van der Waals surface area (Å²) in [7, 11) is 3.17. The normalized spacial score (nSPS) is 10.6. The van der Waals surface area contributed by atoms with Crippen molar-refractivity contribution in [1.29, 1.82) is 0 Å². The zero-order valence-electron chi connectivity index (χ0n) is 12.3. The third kappa shape index (κ3) is 4.28. The Bertz CT molecular complexity index is 472. The van der Waals surface area contributed by atoms with E-state index in [4.69, 9.17) is 15.2 Å². The summed E-state index contributed by atoms with van der Waals surface area (Å²) in [6.07, 6.45) is 3.30. The van der Waals surface area contributed by atoms with E-state index in [0.29, 0.717) is 31.1 Å². The molecule has 5 heteroatoms. The molecule has 0 aromatic heterocycles. The number of likely N-dealkylation sites (N-methyl/N-ethyl adjacent to an activating group) is 1. The van der Waals surface area contributed by atoms with E-state index in [2.05, 4.69) is 0 Å². The first kappa shape index (κ1) is 16.0. The van der Waals surface area contributed by atoms with Gasteiger partial charge < -0.3 is 20.1 Å². The van der Waals surface area contributed by atoms with Crippen molar-refractivity contribution in [3.05, 3.63) is 29.8 Å². The molecule has 0 atom stereocenters. The minimum absolute atomic E-state index is 0.0484. The van der Waals surface area contributed by atoms with Gasteiger partial charge in [-0.05, 0) is 30.7 Å². The number of nitrogens with zero attached hydrogens (tertiary/aromatic N) is 1. The maximum atomic E-state index is 11.9. The molecule has 0 bridgehead atoms. The zero-order chi connectivity index (χ0) is 15.0. The smallest absolute Gasteiger partial charge is 0.246 e. The first-order valence-electron chi connectivity index (χ1n) is 6.55. The van der Waals surface area contributed by atoms with E-state index in [1.165, 1.54) is 0 Å². The Kier molecular flexibility index (Phi) is 6.59. The Labute approximate surface area is 120 Å². The van der Waals surface area contributed by atoms with Crippen LogP contribution in [0.4, 0.5) is 0 Å². The van der Waals surface area contributed by atoms with Crippen LogP contribution in [-0.2, 0) is 4.79 Å². The molecule has 2 N–H and O–H groups in total. The highest BCUT2D eigenvalue weighted by atomic mass is 16.5. The fraction of sp³-hybridized carbons (Fsp3) is 0.400. The molecule has 0 radical (unpaired) electrons. The van der Waals surface area contributed by atoms with Crippen molar-refractivity contribution in [3.8, 4) is 11.5 Å². The van der Waals surface area contributed by atoms with Crippen molar-refractivity contribution in [2.45, 2.75) is 6.92 Å². The van der Waals surface area contributed by atoms with Gasteiger partial charge in [0.1, 0.15) is 0 Å². The Morgan fingerprint density at radius 2 is 2.00 bits per heavy atom. The van der Waals surface area contributed by atoms with Gasteiger partial charge in [0.2, 0.25) is 5.91 Å². The number of hydrogen-bond acceptors (Lipinski definition) is 4. The number of carbonyl (C=O) groups excluding carboxylic acids is 1. The predicted octanol–water partition coefficient (Wildman–Crippen LogP) is 1.52. The van der Waals surface area contributed by atoms with Gasteiger partial charge in [0.25, 0.3) is 0 Å². The lowest BCUT2D eigenvalue weighted by Crippen LogP contribution is -2.33. The highest BCUT2D eigenvalue weighted by molar-refractivity contribution is 5.91. The molecular weight excluding hydrogens is 256 g/mol. The van der Waals surface area contributed by atoms with Gasteiger partial charge in [0.15, 0.2) is 11.5 Å². The average Bonchev–Trinajstić information content (AvgIpc) is 2.49. The molecule has 0 heterocycles. The Morgan fingerprint density at radius 3 is 2.55 bits per heavy atom. The maximum Gasteiger partial charge on any atom is 0.246 e. The van der Waals surface area contributed by atoms with E-state index < -0.39 is 0 Å². The standard InChI is InChI=1S/C15H22N2O3/c1-4-17(10-9-16)15(18)8-6-12-5-7-13(19-2)14(11-12)20-3/h5-8,11H,4,9-10,16H2,1-3H3/b8-6+. The topological polar surface area (TPSA) is 64.8 Å². The average molecular weight is 278 g/mol. The summed E-state index contributed by atoms with van der Waals surface area (Å²) in [6.45, 7) is 3.60. The lowest BCUT2D eigenvalue weighted by atomic mass is 10.2. The van der Waals surface area contributed by atoms with E-state index in [1.807, 2.05) is 19.1 Å². The van der Waals surface area contributed by atoms with Gasteiger partial charge in [-0.15, -0.1) is 0 Å². The molecule has 1 aromatic rings. The molecule has 0 spiro atoms. The van der Waals surface area contributed by atoms with Crippen LogP contribution in [0.1, 0.15) is 12.5 Å². The van der Waals surface area contributed by atoms with Crippen molar-refractivity contribution in [1.82, 2.24) is 4.90 Å². The molecule has 0 saturated carbocycles. The van der Waals surface area contributed by atoms with Crippen LogP contribution in [0.25, 0.3) is 6.08 Å². The largest absolute Gasteiger partial charge is 0.493 e. The highest BCUT2D eigenvalue weighted by Gasteiger charge is 2.07. The van der Waals surface area contributed by atoms with Crippen molar-refractivity contribution >= 4 is 12.0 Å². The zero-order valence-corrected chi connectivity index (χ0v) is 12.3. The molecule has 0 fully saturated rings. The van der Waals surface area contributed by atoms with Crippen LogP contribution in [0, 0.1) is 0 Å². The molecule has 110 valence electrons. The number of carbonyl (C=O) groups is 1. The molecule has 1 aromatic carbocycles. The Morgan fingerprint density at radius 1 is 1.30 bits per heavy atom. The third-order valence-corrected chi connectivity index (χ3v) is 2.92. The fourth-order valence-corrected chi connectivity index (χ4v) is 1.81. The van der Waals surface area contributed by atoms with Gasteiger partial charge in [-0.1, -0.05) is 6.07 Å². The number of hydrogen-bond donors (Lipinski definition) is 1.